The molecule has 0 aliphatic rings. The van der Waals surface area contributed by atoms with Crippen LogP contribution in [0.2, 0.25) is 0 Å². The van der Waals surface area contributed by atoms with E-state index in [9.17, 15) is 0 Å². The van der Waals surface area contributed by atoms with Gasteiger partial charge in [0.1, 0.15) is 0 Å². The van der Waals surface area contributed by atoms with Gasteiger partial charge in [-0.2, -0.15) is 5.10 Å². The summed E-state index contributed by atoms with van der Waals surface area (Å²) in [5.41, 5.74) is 3.51. The molecule has 1 heterocycles. The van der Waals surface area contributed by atoms with E-state index in [0.29, 0.717) is 19.7 Å². The fraction of sp³-hybridized carbons (Fsp3) is 0.412. The molecule has 0 fully saturated rings. The summed E-state index contributed by atoms with van der Waals surface area (Å²) in [4.78, 5) is 4.26. The van der Waals surface area contributed by atoms with Crippen LogP contribution in [0, 0.1) is 0 Å². The van der Waals surface area contributed by atoms with Crippen molar-refractivity contribution in [1.29, 1.82) is 0 Å². The lowest BCUT2D eigenvalue weighted by Crippen LogP contribution is -2.37. The van der Waals surface area contributed by atoms with E-state index in [2.05, 4.69) is 32.9 Å². The Morgan fingerprint density at radius 3 is 2.57 bits per heavy atom. The predicted molar refractivity (Wildman–Crippen MR) is 92.0 cm³/mol. The first-order valence-corrected chi connectivity index (χ1v) is 7.80. The number of benzene rings is 1. The summed E-state index contributed by atoms with van der Waals surface area (Å²) in [5, 5.41) is 10.8. The van der Waals surface area contributed by atoms with Crippen LogP contribution in [0.5, 0.6) is 0 Å². The van der Waals surface area contributed by atoms with E-state index in [4.69, 9.17) is 4.74 Å². The molecule has 6 heteroatoms. The highest BCUT2D eigenvalue weighted by atomic mass is 16.5. The van der Waals surface area contributed by atoms with Gasteiger partial charge in [-0.1, -0.05) is 24.3 Å². The monoisotopic (exact) mass is 315 g/mol. The Labute approximate surface area is 137 Å². The zero-order chi connectivity index (χ0) is 16.5. The first-order valence-electron chi connectivity index (χ1n) is 7.80. The van der Waals surface area contributed by atoms with Crippen LogP contribution in [0.3, 0.4) is 0 Å². The van der Waals surface area contributed by atoms with Gasteiger partial charge >= 0.3 is 0 Å². The van der Waals surface area contributed by atoms with E-state index in [1.165, 1.54) is 11.1 Å². The molecule has 0 aliphatic heterocycles. The van der Waals surface area contributed by atoms with Crippen molar-refractivity contribution in [2.75, 3.05) is 13.7 Å². The van der Waals surface area contributed by atoms with Gasteiger partial charge in [0.15, 0.2) is 5.96 Å². The maximum Gasteiger partial charge on any atom is 0.191 e. The summed E-state index contributed by atoms with van der Waals surface area (Å²) in [7, 11) is 3.70. The highest BCUT2D eigenvalue weighted by Gasteiger charge is 2.04. The third kappa shape index (κ3) is 5.10. The minimum absolute atomic E-state index is 0.634. The van der Waals surface area contributed by atoms with E-state index in [1.54, 1.807) is 13.2 Å². The number of hydrogen-bond acceptors (Lipinski definition) is 3. The van der Waals surface area contributed by atoms with Crippen LogP contribution in [0.1, 0.15) is 23.7 Å². The second-order valence-electron chi connectivity index (χ2n) is 5.13. The fourth-order valence-electron chi connectivity index (χ4n) is 2.23. The average molecular weight is 315 g/mol. The second kappa shape index (κ2) is 8.95. The Morgan fingerprint density at radius 2 is 1.91 bits per heavy atom. The Bertz CT molecular complexity index is 635. The van der Waals surface area contributed by atoms with E-state index < -0.39 is 0 Å². The van der Waals surface area contributed by atoms with Crippen molar-refractivity contribution in [1.82, 2.24) is 20.4 Å². The Kier molecular flexibility index (Phi) is 6.62. The van der Waals surface area contributed by atoms with Crippen molar-refractivity contribution in [3.8, 4) is 0 Å². The second-order valence-corrected chi connectivity index (χ2v) is 5.13. The van der Waals surface area contributed by atoms with E-state index in [0.717, 1.165) is 18.3 Å². The molecule has 0 aliphatic carbocycles. The number of ether oxygens (including phenoxy) is 1. The molecule has 0 saturated carbocycles. The maximum absolute atomic E-state index is 5.52. The molecule has 0 saturated heterocycles. The molecule has 0 radical (unpaired) electrons. The van der Waals surface area contributed by atoms with Gasteiger partial charge in [-0.3, -0.25) is 9.67 Å². The molecule has 1 aromatic heterocycles. The Morgan fingerprint density at radius 1 is 1.17 bits per heavy atom. The number of hydrogen-bond donors (Lipinski definition) is 2. The summed E-state index contributed by atoms with van der Waals surface area (Å²) in [6.45, 7) is 4.74. The molecule has 0 bridgehead atoms. The third-order valence-corrected chi connectivity index (χ3v) is 3.61. The molecular formula is C17H25N5O. The Hall–Kier alpha value is -2.34. The lowest BCUT2D eigenvalue weighted by molar-refractivity contribution is 0.133. The average Bonchev–Trinajstić information content (AvgIpc) is 2.99. The molecule has 2 N–H and O–H groups in total. The van der Waals surface area contributed by atoms with Gasteiger partial charge in [-0.25, -0.2) is 0 Å². The summed E-state index contributed by atoms with van der Waals surface area (Å²) in [5.74, 6) is 0.761. The zero-order valence-corrected chi connectivity index (χ0v) is 14.0. The SMILES string of the molecule is CCOCc1ccccc1CNC(=NC)NCc1ccnn1C. The van der Waals surface area contributed by atoms with Crippen LogP contribution >= 0.6 is 0 Å². The van der Waals surface area contributed by atoms with Crippen LogP contribution in [0.4, 0.5) is 0 Å². The third-order valence-electron chi connectivity index (χ3n) is 3.61. The molecule has 1 aromatic carbocycles. The Balaban J connectivity index is 1.89. The van der Waals surface area contributed by atoms with Crippen LogP contribution in [-0.2, 0) is 31.5 Å². The number of nitrogens with zero attached hydrogens (tertiary/aromatic N) is 3. The molecular weight excluding hydrogens is 290 g/mol. The molecule has 6 nitrogen and oxygen atoms in total. The number of nitrogens with one attached hydrogen (secondary N) is 2. The largest absolute Gasteiger partial charge is 0.377 e. The van der Waals surface area contributed by atoms with Gasteiger partial charge in [-0.15, -0.1) is 0 Å². The van der Waals surface area contributed by atoms with Gasteiger partial charge in [0.2, 0.25) is 0 Å². The first-order chi connectivity index (χ1) is 11.2. The highest BCUT2D eigenvalue weighted by molar-refractivity contribution is 5.79. The number of aromatic nitrogens is 2. The zero-order valence-electron chi connectivity index (χ0n) is 14.0. The quantitative estimate of drug-likeness (QED) is 0.604. The van der Waals surface area contributed by atoms with Crippen LogP contribution < -0.4 is 10.6 Å². The molecule has 2 aromatic rings. The molecule has 0 amide bonds. The van der Waals surface area contributed by atoms with Crippen molar-refractivity contribution in [2.45, 2.75) is 26.6 Å². The van der Waals surface area contributed by atoms with Crippen LogP contribution in [-0.4, -0.2) is 29.4 Å². The highest BCUT2D eigenvalue weighted by Crippen LogP contribution is 2.10. The van der Waals surface area contributed by atoms with Gasteiger partial charge < -0.3 is 15.4 Å². The van der Waals surface area contributed by atoms with Crippen molar-refractivity contribution in [3.63, 3.8) is 0 Å². The van der Waals surface area contributed by atoms with Crippen molar-refractivity contribution < 1.29 is 4.74 Å². The summed E-state index contributed by atoms with van der Waals surface area (Å²) in [6, 6.07) is 10.3. The molecule has 0 spiro atoms. The molecule has 2 rings (SSSR count). The van der Waals surface area contributed by atoms with Gasteiger partial charge in [0.05, 0.1) is 18.8 Å². The van der Waals surface area contributed by atoms with E-state index in [-0.39, 0.29) is 0 Å². The normalized spacial score (nSPS) is 11.5. The summed E-state index contributed by atoms with van der Waals surface area (Å²) < 4.78 is 7.36. The lowest BCUT2D eigenvalue weighted by Gasteiger charge is -2.14. The first kappa shape index (κ1) is 17.0. The fourth-order valence-corrected chi connectivity index (χ4v) is 2.23. The molecule has 124 valence electrons. The van der Waals surface area contributed by atoms with Gasteiger partial charge in [0.25, 0.3) is 0 Å². The number of aliphatic imine (C=N–C) groups is 1. The van der Waals surface area contributed by atoms with Crippen molar-refractivity contribution >= 4 is 5.96 Å². The topological polar surface area (TPSA) is 63.5 Å². The smallest absolute Gasteiger partial charge is 0.191 e. The minimum atomic E-state index is 0.634. The predicted octanol–water partition coefficient (Wildman–Crippen LogP) is 1.82. The molecule has 23 heavy (non-hydrogen) atoms. The van der Waals surface area contributed by atoms with Crippen LogP contribution in [0.15, 0.2) is 41.5 Å². The summed E-state index contributed by atoms with van der Waals surface area (Å²) in [6.07, 6.45) is 1.79. The van der Waals surface area contributed by atoms with Crippen molar-refractivity contribution in [3.05, 3.63) is 53.3 Å². The molecule has 0 atom stereocenters. The lowest BCUT2D eigenvalue weighted by atomic mass is 10.1. The van der Waals surface area contributed by atoms with Gasteiger partial charge in [-0.05, 0) is 24.1 Å². The van der Waals surface area contributed by atoms with E-state index in [1.807, 2.05) is 36.9 Å². The van der Waals surface area contributed by atoms with Crippen LogP contribution in [0.25, 0.3) is 0 Å². The number of guanidine groups is 1. The minimum Gasteiger partial charge on any atom is -0.377 e. The summed E-state index contributed by atoms with van der Waals surface area (Å²) >= 11 is 0. The number of rotatable bonds is 7. The van der Waals surface area contributed by atoms with Crippen molar-refractivity contribution in [2.24, 2.45) is 12.0 Å². The van der Waals surface area contributed by atoms with E-state index >= 15 is 0 Å². The maximum atomic E-state index is 5.52. The number of aryl methyl sites for hydroxylation is 1. The standard InChI is InChI=1S/C17H25N5O/c1-4-23-13-15-8-6-5-7-14(15)11-19-17(18-2)20-12-16-9-10-21-22(16)3/h5-10H,4,11-13H2,1-3H3,(H2,18,19,20). The molecule has 0 unspecified atom stereocenters. The van der Waals surface area contributed by atoms with Gasteiger partial charge in [0, 0.05) is 33.4 Å².